The van der Waals surface area contributed by atoms with Gasteiger partial charge in [0, 0.05) is 16.4 Å². The normalized spacial score (nSPS) is 15.8. The van der Waals surface area contributed by atoms with E-state index in [0.717, 1.165) is 5.56 Å². The van der Waals surface area contributed by atoms with Crippen LogP contribution in [0.15, 0.2) is 60.1 Å². The molecule has 0 bridgehead atoms. The number of benzene rings is 2. The summed E-state index contributed by atoms with van der Waals surface area (Å²) in [6.07, 6.45) is 1.43. The fourth-order valence-electron chi connectivity index (χ4n) is 3.30. The second kappa shape index (κ2) is 7.09. The minimum atomic E-state index is -0.475. The predicted octanol–water partition coefficient (Wildman–Crippen LogP) is 4.31. The molecule has 2 N–H and O–H groups in total. The topological polar surface area (TPSA) is 71.8 Å². The van der Waals surface area contributed by atoms with Gasteiger partial charge in [0.1, 0.15) is 18.2 Å². The van der Waals surface area contributed by atoms with Gasteiger partial charge in [-0.1, -0.05) is 23.7 Å². The van der Waals surface area contributed by atoms with E-state index in [0.29, 0.717) is 33.5 Å². The molecule has 8 heteroatoms. The van der Waals surface area contributed by atoms with Crippen LogP contribution in [-0.2, 0) is 4.79 Å². The third-order valence-corrected chi connectivity index (χ3v) is 4.91. The number of fused-ring (bicyclic) bond motifs is 1. The van der Waals surface area contributed by atoms with Crippen LogP contribution in [0, 0.1) is 12.7 Å². The van der Waals surface area contributed by atoms with Gasteiger partial charge in [-0.15, -0.1) is 0 Å². The minimum Gasteiger partial charge on any atom is -0.328 e. The first-order chi connectivity index (χ1) is 13.4. The third kappa shape index (κ3) is 3.25. The molecule has 0 radical (unpaired) electrons. The number of carbonyl (C=O) groups excluding carboxylic acids is 1. The van der Waals surface area contributed by atoms with Crippen molar-refractivity contribution in [3.63, 3.8) is 0 Å². The fourth-order valence-corrected chi connectivity index (χ4v) is 3.42. The standard InChI is InChI=1S/C20H17ClFN5O/c1-11-9-15(22)7-8-16(11)26-19(28)17-12(2)25-20-23-10-24-27(20)18(17)13-3-5-14(21)6-4-13/h3-10,18H,1-2H3,(H,26,28)(H,23,24,25)/t18-/m0/s1. The van der Waals surface area contributed by atoms with E-state index in [2.05, 4.69) is 20.7 Å². The van der Waals surface area contributed by atoms with Gasteiger partial charge >= 0.3 is 0 Å². The predicted molar refractivity (Wildman–Crippen MR) is 106 cm³/mol. The van der Waals surface area contributed by atoms with Crippen molar-refractivity contribution in [2.45, 2.75) is 19.9 Å². The molecule has 0 spiro atoms. The number of hydrogen-bond acceptors (Lipinski definition) is 4. The lowest BCUT2D eigenvalue weighted by Gasteiger charge is -2.29. The molecule has 142 valence electrons. The van der Waals surface area contributed by atoms with Crippen LogP contribution >= 0.6 is 11.6 Å². The Hall–Kier alpha value is -3.19. The molecule has 3 aromatic rings. The van der Waals surface area contributed by atoms with Crippen LogP contribution in [0.25, 0.3) is 0 Å². The van der Waals surface area contributed by atoms with E-state index in [-0.39, 0.29) is 11.7 Å². The third-order valence-electron chi connectivity index (χ3n) is 4.66. The van der Waals surface area contributed by atoms with Gasteiger partial charge in [-0.05, 0) is 55.3 Å². The Morgan fingerprint density at radius 3 is 2.68 bits per heavy atom. The van der Waals surface area contributed by atoms with Gasteiger partial charge in [0.05, 0.1) is 5.57 Å². The summed E-state index contributed by atoms with van der Waals surface area (Å²) in [5.74, 6) is -0.107. The molecule has 1 aromatic heterocycles. The summed E-state index contributed by atoms with van der Waals surface area (Å²) in [6.45, 7) is 3.55. The van der Waals surface area contributed by atoms with Gasteiger partial charge in [0.15, 0.2) is 0 Å². The first-order valence-corrected chi connectivity index (χ1v) is 9.02. The lowest BCUT2D eigenvalue weighted by Crippen LogP contribution is -2.31. The molecule has 2 aromatic carbocycles. The monoisotopic (exact) mass is 397 g/mol. The zero-order valence-corrected chi connectivity index (χ0v) is 16.0. The van der Waals surface area contributed by atoms with Crippen LogP contribution in [0.4, 0.5) is 16.0 Å². The largest absolute Gasteiger partial charge is 0.328 e. The molecule has 0 saturated heterocycles. The van der Waals surface area contributed by atoms with E-state index < -0.39 is 6.04 Å². The number of aromatic nitrogens is 3. The number of carbonyl (C=O) groups is 1. The molecule has 0 saturated carbocycles. The van der Waals surface area contributed by atoms with Crippen molar-refractivity contribution in [2.75, 3.05) is 10.6 Å². The Morgan fingerprint density at radius 2 is 1.96 bits per heavy atom. The lowest BCUT2D eigenvalue weighted by molar-refractivity contribution is -0.113. The SMILES string of the molecule is CC1=C(C(=O)Nc2ccc(F)cc2C)[C@H](c2ccc(Cl)cc2)n2ncnc2N1. The highest BCUT2D eigenvalue weighted by atomic mass is 35.5. The van der Waals surface area contributed by atoms with Crippen molar-refractivity contribution < 1.29 is 9.18 Å². The number of rotatable bonds is 3. The van der Waals surface area contributed by atoms with Crippen LogP contribution in [0.1, 0.15) is 24.1 Å². The number of halogens is 2. The molecule has 4 rings (SSSR count). The zero-order valence-electron chi connectivity index (χ0n) is 15.2. The second-order valence-corrected chi connectivity index (χ2v) is 7.00. The number of nitrogens with zero attached hydrogens (tertiary/aromatic N) is 3. The van der Waals surface area contributed by atoms with Crippen molar-refractivity contribution in [1.29, 1.82) is 0 Å². The maximum absolute atomic E-state index is 13.4. The van der Waals surface area contributed by atoms with E-state index in [1.165, 1.54) is 18.5 Å². The molecule has 0 aliphatic carbocycles. The summed E-state index contributed by atoms with van der Waals surface area (Å²) >= 11 is 6.03. The summed E-state index contributed by atoms with van der Waals surface area (Å²) in [7, 11) is 0. The van der Waals surface area contributed by atoms with Gasteiger partial charge in [0.2, 0.25) is 5.95 Å². The number of allylic oxidation sites excluding steroid dienone is 1. The highest BCUT2D eigenvalue weighted by Gasteiger charge is 2.33. The Labute approximate surface area is 166 Å². The highest BCUT2D eigenvalue weighted by molar-refractivity contribution is 6.30. The number of hydrogen-bond donors (Lipinski definition) is 2. The molecule has 28 heavy (non-hydrogen) atoms. The Morgan fingerprint density at radius 1 is 1.21 bits per heavy atom. The van der Waals surface area contributed by atoms with E-state index in [9.17, 15) is 9.18 Å². The van der Waals surface area contributed by atoms with Crippen molar-refractivity contribution in [2.24, 2.45) is 0 Å². The number of anilines is 2. The van der Waals surface area contributed by atoms with Crippen LogP contribution in [0.5, 0.6) is 0 Å². The van der Waals surface area contributed by atoms with E-state index in [4.69, 9.17) is 11.6 Å². The summed E-state index contributed by atoms with van der Waals surface area (Å²) in [5.41, 5.74) is 3.19. The summed E-state index contributed by atoms with van der Waals surface area (Å²) in [6, 6.07) is 11.0. The second-order valence-electron chi connectivity index (χ2n) is 6.56. The van der Waals surface area contributed by atoms with Crippen molar-refractivity contribution in [1.82, 2.24) is 14.8 Å². The van der Waals surface area contributed by atoms with Crippen LogP contribution in [0.2, 0.25) is 5.02 Å². The van der Waals surface area contributed by atoms with Crippen molar-refractivity contribution in [3.05, 3.63) is 82.0 Å². The average Bonchev–Trinajstić information content (AvgIpc) is 3.11. The Balaban J connectivity index is 1.76. The Bertz CT molecular complexity index is 1090. The summed E-state index contributed by atoms with van der Waals surface area (Å²) in [4.78, 5) is 17.4. The minimum absolute atomic E-state index is 0.305. The van der Waals surface area contributed by atoms with Crippen molar-refractivity contribution in [3.8, 4) is 0 Å². The summed E-state index contributed by atoms with van der Waals surface area (Å²) in [5, 5.41) is 10.9. The number of aryl methyl sites for hydroxylation is 1. The maximum atomic E-state index is 13.4. The maximum Gasteiger partial charge on any atom is 0.255 e. The van der Waals surface area contributed by atoms with Crippen LogP contribution in [0.3, 0.4) is 0 Å². The van der Waals surface area contributed by atoms with E-state index in [1.807, 2.05) is 19.1 Å². The van der Waals surface area contributed by atoms with Crippen molar-refractivity contribution >= 4 is 29.1 Å². The van der Waals surface area contributed by atoms with Gasteiger partial charge in [0.25, 0.3) is 5.91 Å². The fraction of sp³-hybridized carbons (Fsp3) is 0.150. The molecular weight excluding hydrogens is 381 g/mol. The van der Waals surface area contributed by atoms with Crippen LogP contribution in [-0.4, -0.2) is 20.7 Å². The molecule has 1 amide bonds. The molecule has 0 fully saturated rings. The van der Waals surface area contributed by atoms with Gasteiger partial charge in [-0.3, -0.25) is 4.79 Å². The molecule has 1 atom stereocenters. The van der Waals surface area contributed by atoms with Gasteiger partial charge < -0.3 is 10.6 Å². The molecule has 1 aliphatic rings. The smallest absolute Gasteiger partial charge is 0.255 e. The average molecular weight is 398 g/mol. The first kappa shape index (κ1) is 18.2. The zero-order chi connectivity index (χ0) is 19.8. The van der Waals surface area contributed by atoms with E-state index >= 15 is 0 Å². The molecule has 0 unspecified atom stereocenters. The number of nitrogens with one attached hydrogen (secondary N) is 2. The molecular formula is C20H17ClFN5O. The molecule has 2 heterocycles. The number of amides is 1. The van der Waals surface area contributed by atoms with Crippen LogP contribution < -0.4 is 10.6 Å². The first-order valence-electron chi connectivity index (χ1n) is 8.64. The van der Waals surface area contributed by atoms with Gasteiger partial charge in [-0.2, -0.15) is 10.1 Å². The van der Waals surface area contributed by atoms with E-state index in [1.54, 1.807) is 29.8 Å². The molecule has 1 aliphatic heterocycles. The van der Waals surface area contributed by atoms with Gasteiger partial charge in [-0.25, -0.2) is 9.07 Å². The highest BCUT2D eigenvalue weighted by Crippen LogP contribution is 2.35. The molecule has 6 nitrogen and oxygen atoms in total. The lowest BCUT2D eigenvalue weighted by atomic mass is 9.95. The quantitative estimate of drug-likeness (QED) is 0.691. The Kier molecular flexibility index (Phi) is 4.60. The summed E-state index contributed by atoms with van der Waals surface area (Å²) < 4.78 is 15.0.